The molecule has 0 saturated carbocycles. The van der Waals surface area contributed by atoms with E-state index in [4.69, 9.17) is 11.6 Å². The monoisotopic (exact) mass is 315 g/mol. The van der Waals surface area contributed by atoms with Crippen LogP contribution in [0.25, 0.3) is 0 Å². The van der Waals surface area contributed by atoms with Crippen molar-refractivity contribution in [3.05, 3.63) is 29.3 Å². The Labute approximate surface area is 127 Å². The van der Waals surface area contributed by atoms with Crippen molar-refractivity contribution in [3.63, 3.8) is 0 Å². The predicted molar refractivity (Wildman–Crippen MR) is 82.7 cm³/mol. The Kier molecular flexibility index (Phi) is 4.77. The molecule has 3 nitrogen and oxygen atoms in total. The van der Waals surface area contributed by atoms with Crippen molar-refractivity contribution in [3.8, 4) is 0 Å². The van der Waals surface area contributed by atoms with Gasteiger partial charge in [0.2, 0.25) is 10.0 Å². The van der Waals surface area contributed by atoms with Crippen LogP contribution in [0, 0.1) is 19.8 Å². The van der Waals surface area contributed by atoms with E-state index in [0.717, 1.165) is 24.0 Å². The van der Waals surface area contributed by atoms with Crippen LogP contribution in [-0.2, 0) is 10.0 Å². The molecule has 1 atom stereocenters. The number of rotatable bonds is 3. The van der Waals surface area contributed by atoms with Crippen LogP contribution in [0.3, 0.4) is 0 Å². The minimum Gasteiger partial charge on any atom is -0.207 e. The molecule has 5 heteroatoms. The molecule has 0 amide bonds. The second-order valence-electron chi connectivity index (χ2n) is 5.67. The van der Waals surface area contributed by atoms with Crippen LogP contribution < -0.4 is 0 Å². The van der Waals surface area contributed by atoms with Gasteiger partial charge in [0, 0.05) is 18.5 Å². The highest BCUT2D eigenvalue weighted by atomic mass is 35.5. The summed E-state index contributed by atoms with van der Waals surface area (Å²) in [6, 6.07) is 5.34. The maximum absolute atomic E-state index is 12.6. The summed E-state index contributed by atoms with van der Waals surface area (Å²) in [6.07, 6.45) is 1.68. The number of sulfonamides is 1. The van der Waals surface area contributed by atoms with Gasteiger partial charge < -0.3 is 0 Å². The standard InChI is InChI=1S/C15H22ClNO2S/c1-11-4-5-15(10-12(11)2)20(18,19)17-8-6-14(7-9-17)13(3)16/h4-5,10,13-14H,6-9H2,1-3H3. The number of halogens is 1. The van der Waals surface area contributed by atoms with E-state index >= 15 is 0 Å². The molecule has 1 aliphatic rings. The lowest BCUT2D eigenvalue weighted by Gasteiger charge is -2.32. The van der Waals surface area contributed by atoms with E-state index in [9.17, 15) is 8.42 Å². The quantitative estimate of drug-likeness (QED) is 0.802. The van der Waals surface area contributed by atoms with Gasteiger partial charge >= 0.3 is 0 Å². The summed E-state index contributed by atoms with van der Waals surface area (Å²) < 4.78 is 26.8. The Morgan fingerprint density at radius 2 is 1.80 bits per heavy atom. The van der Waals surface area contributed by atoms with Crippen molar-refractivity contribution >= 4 is 21.6 Å². The van der Waals surface area contributed by atoms with E-state index in [0.29, 0.717) is 23.9 Å². The second kappa shape index (κ2) is 6.04. The Morgan fingerprint density at radius 1 is 1.20 bits per heavy atom. The molecule has 112 valence electrons. The van der Waals surface area contributed by atoms with Gasteiger partial charge in [-0.15, -0.1) is 11.6 Å². The summed E-state index contributed by atoms with van der Waals surface area (Å²) in [5.74, 6) is 0.419. The van der Waals surface area contributed by atoms with Crippen molar-refractivity contribution in [2.75, 3.05) is 13.1 Å². The van der Waals surface area contributed by atoms with Crippen LogP contribution in [-0.4, -0.2) is 31.2 Å². The molecule has 0 aliphatic carbocycles. The zero-order valence-corrected chi connectivity index (χ0v) is 13.8. The Bertz CT molecular complexity index is 576. The smallest absolute Gasteiger partial charge is 0.207 e. The van der Waals surface area contributed by atoms with Crippen molar-refractivity contribution in [2.45, 2.75) is 43.9 Å². The number of piperidine rings is 1. The molecule has 1 unspecified atom stereocenters. The van der Waals surface area contributed by atoms with Crippen LogP contribution in [0.5, 0.6) is 0 Å². The predicted octanol–water partition coefficient (Wildman–Crippen LogP) is 3.33. The number of alkyl halides is 1. The van der Waals surface area contributed by atoms with E-state index in [1.54, 1.807) is 16.4 Å². The molecule has 1 heterocycles. The van der Waals surface area contributed by atoms with Gasteiger partial charge in [-0.25, -0.2) is 8.42 Å². The lowest BCUT2D eigenvalue weighted by atomic mass is 9.95. The van der Waals surface area contributed by atoms with Crippen LogP contribution in [0.4, 0.5) is 0 Å². The van der Waals surface area contributed by atoms with Gasteiger partial charge in [0.1, 0.15) is 0 Å². The van der Waals surface area contributed by atoms with E-state index in [-0.39, 0.29) is 5.38 Å². The van der Waals surface area contributed by atoms with Gasteiger partial charge in [0.15, 0.2) is 0 Å². The van der Waals surface area contributed by atoms with Crippen molar-refractivity contribution in [1.82, 2.24) is 4.31 Å². The highest BCUT2D eigenvalue weighted by Crippen LogP contribution is 2.28. The maximum atomic E-state index is 12.6. The number of aryl methyl sites for hydroxylation is 2. The molecule has 1 fully saturated rings. The Balaban J connectivity index is 2.17. The van der Waals surface area contributed by atoms with Crippen LogP contribution in [0.1, 0.15) is 30.9 Å². The molecular formula is C15H22ClNO2S. The zero-order valence-electron chi connectivity index (χ0n) is 12.3. The lowest BCUT2D eigenvalue weighted by molar-refractivity contribution is 0.271. The molecule has 1 aliphatic heterocycles. The normalized spacial score (nSPS) is 20.0. The van der Waals surface area contributed by atoms with Crippen LogP contribution >= 0.6 is 11.6 Å². The van der Waals surface area contributed by atoms with Gasteiger partial charge in [-0.1, -0.05) is 6.07 Å². The van der Waals surface area contributed by atoms with Gasteiger partial charge in [-0.2, -0.15) is 4.31 Å². The van der Waals surface area contributed by atoms with Crippen LogP contribution in [0.15, 0.2) is 23.1 Å². The third-order valence-electron chi connectivity index (χ3n) is 4.26. The maximum Gasteiger partial charge on any atom is 0.243 e. The fourth-order valence-corrected chi connectivity index (χ4v) is 4.41. The van der Waals surface area contributed by atoms with Gasteiger partial charge in [-0.3, -0.25) is 0 Å². The minimum absolute atomic E-state index is 0.112. The minimum atomic E-state index is -3.36. The average Bonchev–Trinajstić information content (AvgIpc) is 2.41. The average molecular weight is 316 g/mol. The molecule has 1 aromatic carbocycles. The van der Waals surface area contributed by atoms with Gasteiger partial charge in [0.05, 0.1) is 4.90 Å². The second-order valence-corrected chi connectivity index (χ2v) is 8.29. The van der Waals surface area contributed by atoms with Crippen molar-refractivity contribution in [2.24, 2.45) is 5.92 Å². The zero-order chi connectivity index (χ0) is 14.9. The first-order chi connectivity index (χ1) is 9.32. The first-order valence-corrected chi connectivity index (χ1v) is 8.91. The molecule has 1 saturated heterocycles. The van der Waals surface area contributed by atoms with Gasteiger partial charge in [0.25, 0.3) is 0 Å². The molecule has 0 radical (unpaired) electrons. The first kappa shape index (κ1) is 15.8. The number of nitrogens with zero attached hydrogens (tertiary/aromatic N) is 1. The topological polar surface area (TPSA) is 37.4 Å². The summed E-state index contributed by atoms with van der Waals surface area (Å²) in [6.45, 7) is 7.04. The van der Waals surface area contributed by atoms with E-state index < -0.39 is 10.0 Å². The fourth-order valence-electron chi connectivity index (χ4n) is 2.60. The molecule has 0 aromatic heterocycles. The largest absolute Gasteiger partial charge is 0.243 e. The molecule has 0 bridgehead atoms. The Morgan fingerprint density at radius 3 is 2.30 bits per heavy atom. The summed E-state index contributed by atoms with van der Waals surface area (Å²) in [5.41, 5.74) is 2.12. The first-order valence-electron chi connectivity index (χ1n) is 7.04. The van der Waals surface area contributed by atoms with E-state index in [1.807, 2.05) is 26.8 Å². The number of hydrogen-bond donors (Lipinski definition) is 0. The summed E-state index contributed by atoms with van der Waals surface area (Å²) in [5, 5.41) is 0.112. The highest BCUT2D eigenvalue weighted by Gasteiger charge is 2.30. The lowest BCUT2D eigenvalue weighted by Crippen LogP contribution is -2.40. The van der Waals surface area contributed by atoms with Crippen molar-refractivity contribution in [1.29, 1.82) is 0 Å². The molecule has 20 heavy (non-hydrogen) atoms. The fraction of sp³-hybridized carbons (Fsp3) is 0.600. The number of hydrogen-bond acceptors (Lipinski definition) is 2. The molecule has 2 rings (SSSR count). The highest BCUT2D eigenvalue weighted by molar-refractivity contribution is 7.89. The van der Waals surface area contributed by atoms with Crippen molar-refractivity contribution < 1.29 is 8.42 Å². The third-order valence-corrected chi connectivity index (χ3v) is 6.52. The van der Waals surface area contributed by atoms with Gasteiger partial charge in [-0.05, 0) is 62.8 Å². The van der Waals surface area contributed by atoms with Crippen LogP contribution in [0.2, 0.25) is 0 Å². The third kappa shape index (κ3) is 3.18. The van der Waals surface area contributed by atoms with E-state index in [1.165, 1.54) is 0 Å². The number of benzene rings is 1. The molecule has 0 spiro atoms. The molecule has 0 N–H and O–H groups in total. The molecule has 1 aromatic rings. The SMILES string of the molecule is Cc1ccc(S(=O)(=O)N2CCC(C(C)Cl)CC2)cc1C. The summed E-state index contributed by atoms with van der Waals surface area (Å²) >= 11 is 6.11. The summed E-state index contributed by atoms with van der Waals surface area (Å²) in [7, 11) is -3.36. The Hall–Kier alpha value is -0.580. The molecular weight excluding hydrogens is 294 g/mol. The summed E-state index contributed by atoms with van der Waals surface area (Å²) in [4.78, 5) is 0.401. The van der Waals surface area contributed by atoms with E-state index in [2.05, 4.69) is 0 Å².